The SMILES string of the molecule is [C-]#[N+]C[C@H]1CN(c2nc(OC)nc3c(F)c(-c4cccc5ccc(F)c(Cl)c45)ncc23)CCN1C(=O)C=C. The monoisotopic (exact) mass is 534 g/mol. The van der Waals surface area contributed by atoms with Crippen molar-refractivity contribution < 1.29 is 18.3 Å². The van der Waals surface area contributed by atoms with Crippen LogP contribution < -0.4 is 9.64 Å². The number of halogens is 3. The molecule has 0 N–H and O–H groups in total. The molecule has 2 aromatic heterocycles. The van der Waals surface area contributed by atoms with Crippen LogP contribution in [0.4, 0.5) is 14.6 Å². The zero-order valence-electron chi connectivity index (χ0n) is 20.3. The van der Waals surface area contributed by atoms with Crippen LogP contribution >= 0.6 is 11.6 Å². The first-order valence-electron chi connectivity index (χ1n) is 11.7. The molecule has 11 heteroatoms. The summed E-state index contributed by atoms with van der Waals surface area (Å²) in [7, 11) is 1.38. The number of ether oxygens (including phenoxy) is 1. The van der Waals surface area contributed by atoms with Crippen LogP contribution in [0, 0.1) is 18.2 Å². The van der Waals surface area contributed by atoms with E-state index in [1.807, 2.05) is 4.90 Å². The van der Waals surface area contributed by atoms with Crippen molar-refractivity contribution in [3.8, 4) is 17.3 Å². The lowest BCUT2D eigenvalue weighted by molar-refractivity contribution is -0.128. The minimum absolute atomic E-state index is 0.0345. The van der Waals surface area contributed by atoms with Gasteiger partial charge in [-0.2, -0.15) is 9.97 Å². The number of carbonyl (C=O) groups is 1. The van der Waals surface area contributed by atoms with E-state index in [4.69, 9.17) is 22.9 Å². The van der Waals surface area contributed by atoms with E-state index in [9.17, 15) is 9.18 Å². The predicted molar refractivity (Wildman–Crippen MR) is 141 cm³/mol. The zero-order chi connectivity index (χ0) is 27.0. The molecule has 0 spiro atoms. The molecule has 4 aromatic rings. The van der Waals surface area contributed by atoms with Crippen LogP contribution in [0.3, 0.4) is 0 Å². The summed E-state index contributed by atoms with van der Waals surface area (Å²) in [5.41, 5.74) is 0.237. The lowest BCUT2D eigenvalue weighted by Crippen LogP contribution is -2.56. The highest BCUT2D eigenvalue weighted by molar-refractivity contribution is 6.36. The predicted octanol–water partition coefficient (Wildman–Crippen LogP) is 4.91. The fraction of sp³-hybridized carbons (Fsp3) is 0.222. The van der Waals surface area contributed by atoms with Gasteiger partial charge in [-0.3, -0.25) is 9.78 Å². The second-order valence-electron chi connectivity index (χ2n) is 8.66. The number of methoxy groups -OCH3 is 1. The van der Waals surface area contributed by atoms with Gasteiger partial charge >= 0.3 is 6.01 Å². The first kappa shape index (κ1) is 25.3. The molecule has 1 fully saturated rings. The van der Waals surface area contributed by atoms with E-state index < -0.39 is 17.7 Å². The molecular formula is C27H21ClF2N6O2. The molecule has 0 bridgehead atoms. The maximum atomic E-state index is 16.1. The molecule has 38 heavy (non-hydrogen) atoms. The smallest absolute Gasteiger partial charge is 0.318 e. The Labute approximate surface area is 221 Å². The number of aromatic nitrogens is 3. The van der Waals surface area contributed by atoms with Crippen molar-refractivity contribution >= 4 is 45.0 Å². The molecule has 1 saturated heterocycles. The molecular weight excluding hydrogens is 514 g/mol. The molecule has 1 amide bonds. The Morgan fingerprint density at radius 3 is 2.84 bits per heavy atom. The van der Waals surface area contributed by atoms with E-state index in [-0.39, 0.29) is 34.7 Å². The quantitative estimate of drug-likeness (QED) is 0.268. The highest BCUT2D eigenvalue weighted by Crippen LogP contribution is 2.38. The molecule has 3 heterocycles. The first-order chi connectivity index (χ1) is 18.4. The van der Waals surface area contributed by atoms with Gasteiger partial charge in [-0.1, -0.05) is 42.4 Å². The average molecular weight is 535 g/mol. The van der Waals surface area contributed by atoms with Crippen molar-refractivity contribution in [3.63, 3.8) is 0 Å². The van der Waals surface area contributed by atoms with Crippen molar-refractivity contribution in [2.24, 2.45) is 0 Å². The Bertz CT molecular complexity index is 1640. The van der Waals surface area contributed by atoms with Gasteiger partial charge in [-0.25, -0.2) is 15.4 Å². The molecule has 0 aliphatic carbocycles. The molecule has 1 atom stereocenters. The molecule has 1 aliphatic rings. The summed E-state index contributed by atoms with van der Waals surface area (Å²) in [5, 5.41) is 1.17. The third-order valence-electron chi connectivity index (χ3n) is 6.56. The van der Waals surface area contributed by atoms with Crippen LogP contribution in [-0.4, -0.2) is 65.1 Å². The van der Waals surface area contributed by atoms with Crippen LogP contribution in [-0.2, 0) is 4.79 Å². The molecule has 5 rings (SSSR count). The zero-order valence-corrected chi connectivity index (χ0v) is 21.0. The molecule has 1 aliphatic heterocycles. The van der Waals surface area contributed by atoms with Gasteiger partial charge in [0.1, 0.15) is 28.9 Å². The van der Waals surface area contributed by atoms with Gasteiger partial charge in [0, 0.05) is 36.8 Å². The number of benzene rings is 2. The number of anilines is 1. The van der Waals surface area contributed by atoms with Gasteiger partial charge in [-0.15, -0.1) is 0 Å². The molecule has 8 nitrogen and oxygen atoms in total. The van der Waals surface area contributed by atoms with Crippen molar-refractivity contribution in [1.82, 2.24) is 19.9 Å². The summed E-state index contributed by atoms with van der Waals surface area (Å²) < 4.78 is 35.7. The Hall–Kier alpha value is -4.36. The second-order valence-corrected chi connectivity index (χ2v) is 9.04. The highest BCUT2D eigenvalue weighted by Gasteiger charge is 2.33. The number of piperazine rings is 1. The number of pyridine rings is 1. The molecule has 192 valence electrons. The Balaban J connectivity index is 1.65. The van der Waals surface area contributed by atoms with Crippen molar-refractivity contribution in [2.45, 2.75) is 6.04 Å². The molecule has 2 aromatic carbocycles. The van der Waals surface area contributed by atoms with E-state index in [0.717, 1.165) is 0 Å². The summed E-state index contributed by atoms with van der Waals surface area (Å²) in [6.07, 6.45) is 2.68. The maximum absolute atomic E-state index is 16.1. The number of hydrogen-bond acceptors (Lipinski definition) is 6. The van der Waals surface area contributed by atoms with E-state index in [2.05, 4.69) is 26.4 Å². The van der Waals surface area contributed by atoms with Gasteiger partial charge in [0.15, 0.2) is 5.82 Å². The van der Waals surface area contributed by atoms with Gasteiger partial charge in [0.25, 0.3) is 0 Å². The Kier molecular flexibility index (Phi) is 6.78. The topological polar surface area (TPSA) is 75.8 Å². The number of rotatable bonds is 5. The largest absolute Gasteiger partial charge is 0.467 e. The molecule has 0 radical (unpaired) electrons. The van der Waals surface area contributed by atoms with E-state index in [1.54, 1.807) is 29.2 Å². The van der Waals surface area contributed by atoms with Gasteiger partial charge in [0.05, 0.1) is 17.5 Å². The van der Waals surface area contributed by atoms with Crippen LogP contribution in [0.25, 0.3) is 37.8 Å². The van der Waals surface area contributed by atoms with Crippen molar-refractivity contribution in [1.29, 1.82) is 0 Å². The Morgan fingerprint density at radius 1 is 1.29 bits per heavy atom. The van der Waals surface area contributed by atoms with Crippen LogP contribution in [0.5, 0.6) is 6.01 Å². The lowest BCUT2D eigenvalue weighted by Gasteiger charge is -2.39. The van der Waals surface area contributed by atoms with Crippen molar-refractivity contribution in [3.05, 3.63) is 77.3 Å². The summed E-state index contributed by atoms with van der Waals surface area (Å²) in [5.74, 6) is -1.25. The van der Waals surface area contributed by atoms with Crippen LogP contribution in [0.15, 0.2) is 49.2 Å². The van der Waals surface area contributed by atoms with Gasteiger partial charge in [-0.05, 0) is 17.5 Å². The van der Waals surface area contributed by atoms with Crippen LogP contribution in [0.2, 0.25) is 5.02 Å². The fourth-order valence-corrected chi connectivity index (χ4v) is 5.04. The lowest BCUT2D eigenvalue weighted by atomic mass is 10.0. The van der Waals surface area contributed by atoms with Gasteiger partial charge in [0.2, 0.25) is 12.5 Å². The molecule has 0 unspecified atom stereocenters. The minimum atomic E-state index is -0.740. The number of nitrogens with zero attached hydrogens (tertiary/aromatic N) is 6. The average Bonchev–Trinajstić information content (AvgIpc) is 2.94. The van der Waals surface area contributed by atoms with E-state index in [1.165, 1.54) is 25.4 Å². The van der Waals surface area contributed by atoms with Crippen molar-refractivity contribution in [2.75, 3.05) is 38.2 Å². The van der Waals surface area contributed by atoms with E-state index >= 15 is 4.39 Å². The highest BCUT2D eigenvalue weighted by atomic mass is 35.5. The summed E-state index contributed by atoms with van der Waals surface area (Å²) >= 11 is 6.28. The summed E-state index contributed by atoms with van der Waals surface area (Å²) in [6, 6.07) is 7.44. The number of hydrogen-bond donors (Lipinski definition) is 0. The minimum Gasteiger partial charge on any atom is -0.467 e. The van der Waals surface area contributed by atoms with E-state index in [0.29, 0.717) is 47.2 Å². The maximum Gasteiger partial charge on any atom is 0.318 e. The summed E-state index contributed by atoms with van der Waals surface area (Å²) in [4.78, 5) is 32.4. The third kappa shape index (κ3) is 4.25. The summed E-state index contributed by atoms with van der Waals surface area (Å²) in [6.45, 7) is 11.9. The second kappa shape index (κ2) is 10.2. The molecule has 0 saturated carbocycles. The number of carbonyl (C=O) groups excluding carboxylic acids is 1. The van der Waals surface area contributed by atoms with Gasteiger partial charge < -0.3 is 19.4 Å². The number of fused-ring (bicyclic) bond motifs is 2. The normalized spacial score (nSPS) is 15.5. The first-order valence-corrected chi connectivity index (χ1v) is 12.0. The third-order valence-corrected chi connectivity index (χ3v) is 6.93. The number of amides is 1. The standard InChI is InChI=1S/C27H21ClF2N6O2/c1-4-20(37)36-11-10-35(14-16(36)12-31-2)26-18-13-32-24(23(30)25(18)33-27(34-26)38-3)17-7-5-6-15-8-9-19(29)22(28)21(15)17/h4-9,13,16H,1,10-12,14H2,3H3/t16-/m0/s1. The fourth-order valence-electron chi connectivity index (χ4n) is 4.77. The van der Waals surface area contributed by atoms with Crippen LogP contribution in [0.1, 0.15) is 0 Å². The Morgan fingerprint density at radius 2 is 2.11 bits per heavy atom.